The van der Waals surface area contributed by atoms with Crippen LogP contribution in [0.1, 0.15) is 30.7 Å². The minimum Gasteiger partial charge on any atom is -0.481 e. The third kappa shape index (κ3) is 2.60. The number of carbonyl (C=O) groups excluding carboxylic acids is 1. The average Bonchev–Trinajstić information content (AvgIpc) is 2.90. The molecule has 1 atom stereocenters. The molecule has 0 saturated heterocycles. The van der Waals surface area contributed by atoms with Gasteiger partial charge in [-0.3, -0.25) is 4.79 Å². The van der Waals surface area contributed by atoms with Gasteiger partial charge in [-0.15, -0.1) is 0 Å². The van der Waals surface area contributed by atoms with E-state index in [1.54, 1.807) is 0 Å². The van der Waals surface area contributed by atoms with Crippen molar-refractivity contribution in [2.75, 3.05) is 0 Å². The van der Waals surface area contributed by atoms with E-state index < -0.39 is 5.97 Å². The molecule has 0 fully saturated rings. The summed E-state index contributed by atoms with van der Waals surface area (Å²) < 4.78 is 0. The van der Waals surface area contributed by atoms with Crippen LogP contribution in [-0.2, 0) is 9.59 Å². The summed E-state index contributed by atoms with van der Waals surface area (Å²) in [4.78, 5) is 25.2. The summed E-state index contributed by atoms with van der Waals surface area (Å²) in [6.07, 6.45) is 1.79. The predicted octanol–water partition coefficient (Wildman–Crippen LogP) is 3.86. The minimum absolute atomic E-state index is 0.0301. The molecule has 0 aliphatic rings. The lowest BCUT2D eigenvalue weighted by molar-refractivity contribution is -0.137. The van der Waals surface area contributed by atoms with Gasteiger partial charge in [-0.25, -0.2) is 0 Å². The molecule has 2 N–H and O–H groups in total. The molecule has 4 nitrogen and oxygen atoms in total. The average molecular weight is 295 g/mol. The molecular formula is C18H17NO3. The molecule has 3 rings (SSSR count). The van der Waals surface area contributed by atoms with Crippen molar-refractivity contribution in [2.45, 2.75) is 25.2 Å². The van der Waals surface area contributed by atoms with Crippen LogP contribution in [0.5, 0.6) is 0 Å². The van der Waals surface area contributed by atoms with Crippen LogP contribution in [0.2, 0.25) is 0 Å². The molecule has 0 saturated carbocycles. The maximum absolute atomic E-state index is 11.2. The van der Waals surface area contributed by atoms with Crippen LogP contribution >= 0.6 is 0 Å². The van der Waals surface area contributed by atoms with Crippen LogP contribution in [0.3, 0.4) is 0 Å². The second kappa shape index (κ2) is 6.02. The zero-order chi connectivity index (χ0) is 15.5. The highest BCUT2D eigenvalue weighted by atomic mass is 16.4. The Hall–Kier alpha value is -2.62. The zero-order valence-electron chi connectivity index (χ0n) is 12.1. The van der Waals surface area contributed by atoms with Crippen LogP contribution in [0.15, 0.2) is 42.5 Å². The van der Waals surface area contributed by atoms with Crippen molar-refractivity contribution in [2.24, 2.45) is 0 Å². The quantitative estimate of drug-likeness (QED) is 0.678. The van der Waals surface area contributed by atoms with E-state index >= 15 is 0 Å². The van der Waals surface area contributed by atoms with Crippen molar-refractivity contribution in [1.29, 1.82) is 0 Å². The van der Waals surface area contributed by atoms with Gasteiger partial charge in [0.25, 0.3) is 0 Å². The molecule has 1 unspecified atom stereocenters. The Balaban J connectivity index is 2.14. The molecule has 1 aromatic heterocycles. The van der Waals surface area contributed by atoms with E-state index in [2.05, 4.69) is 11.1 Å². The fraction of sp³-hybridized carbons (Fsp3) is 0.222. The molecule has 0 radical (unpaired) electrons. The molecule has 4 heteroatoms. The number of carboxylic acid groups (broad SMARTS) is 1. The molecule has 1 heterocycles. The highest BCUT2D eigenvalue weighted by Gasteiger charge is 2.19. The Morgan fingerprint density at radius 2 is 1.91 bits per heavy atom. The van der Waals surface area contributed by atoms with Gasteiger partial charge < -0.3 is 14.9 Å². The zero-order valence-corrected chi connectivity index (χ0v) is 12.1. The summed E-state index contributed by atoms with van der Waals surface area (Å²) in [7, 11) is 0. The van der Waals surface area contributed by atoms with Crippen LogP contribution in [0.4, 0.5) is 0 Å². The first-order valence-corrected chi connectivity index (χ1v) is 7.35. The molecule has 112 valence electrons. The van der Waals surface area contributed by atoms with Crippen LogP contribution in [0, 0.1) is 0 Å². The molecule has 0 aliphatic heterocycles. The normalized spacial score (nSPS) is 12.5. The minimum atomic E-state index is -0.844. The first-order chi connectivity index (χ1) is 10.7. The molecule has 0 amide bonds. The maximum Gasteiger partial charge on any atom is 0.303 e. The van der Waals surface area contributed by atoms with Crippen molar-refractivity contribution in [3.05, 3.63) is 48.0 Å². The number of aldehydes is 1. The highest BCUT2D eigenvalue weighted by Crippen LogP contribution is 2.34. The summed E-state index contributed by atoms with van der Waals surface area (Å²) in [6, 6.07) is 14.0. The van der Waals surface area contributed by atoms with Crippen molar-refractivity contribution in [3.8, 4) is 0 Å². The summed E-state index contributed by atoms with van der Waals surface area (Å²) in [5.41, 5.74) is 2.98. The van der Waals surface area contributed by atoms with Crippen LogP contribution in [-0.4, -0.2) is 22.3 Å². The van der Waals surface area contributed by atoms with Gasteiger partial charge >= 0.3 is 5.97 Å². The molecule has 0 spiro atoms. The number of aromatic nitrogens is 1. The molecule has 0 bridgehead atoms. The molecular weight excluding hydrogens is 278 g/mol. The van der Waals surface area contributed by atoms with E-state index in [0.29, 0.717) is 12.8 Å². The van der Waals surface area contributed by atoms with Gasteiger partial charge in [0.1, 0.15) is 6.29 Å². The SMILES string of the molecule is O=CCCC(CC(=O)O)c1cccc2c1[nH]c1ccccc12. The van der Waals surface area contributed by atoms with E-state index in [1.165, 1.54) is 0 Å². The number of hydrogen-bond acceptors (Lipinski definition) is 2. The number of carboxylic acids is 1. The highest BCUT2D eigenvalue weighted by molar-refractivity contribution is 6.08. The number of aliphatic carboxylic acids is 1. The number of aromatic amines is 1. The standard InChI is InChI=1S/C18H17NO3/c20-10-4-5-12(11-17(21)22)13-7-3-8-15-14-6-1-2-9-16(14)19-18(13)15/h1-3,6-10,12,19H,4-5,11H2,(H,21,22). The van der Waals surface area contributed by atoms with Gasteiger partial charge in [0.2, 0.25) is 0 Å². The Bertz CT molecular complexity index is 835. The van der Waals surface area contributed by atoms with Crippen molar-refractivity contribution < 1.29 is 14.7 Å². The van der Waals surface area contributed by atoms with Crippen LogP contribution in [0.25, 0.3) is 21.8 Å². The van der Waals surface area contributed by atoms with Crippen LogP contribution < -0.4 is 0 Å². The van der Waals surface area contributed by atoms with Gasteiger partial charge in [-0.2, -0.15) is 0 Å². The van der Waals surface area contributed by atoms with E-state index in [9.17, 15) is 9.59 Å². The molecule has 22 heavy (non-hydrogen) atoms. The van der Waals surface area contributed by atoms with Crippen molar-refractivity contribution >= 4 is 34.1 Å². The lowest BCUT2D eigenvalue weighted by Gasteiger charge is -2.15. The maximum atomic E-state index is 11.2. The number of rotatable bonds is 6. The predicted molar refractivity (Wildman–Crippen MR) is 86.1 cm³/mol. The van der Waals surface area contributed by atoms with Gasteiger partial charge in [0, 0.05) is 28.2 Å². The lowest BCUT2D eigenvalue weighted by Crippen LogP contribution is -2.07. The first kappa shape index (κ1) is 14.3. The van der Waals surface area contributed by atoms with Crippen molar-refractivity contribution in [1.82, 2.24) is 4.98 Å². The molecule has 2 aromatic carbocycles. The monoisotopic (exact) mass is 295 g/mol. The number of H-pyrrole nitrogens is 1. The largest absolute Gasteiger partial charge is 0.481 e. The number of hydrogen-bond donors (Lipinski definition) is 2. The Morgan fingerprint density at radius 1 is 1.14 bits per heavy atom. The molecule has 3 aromatic rings. The van der Waals surface area contributed by atoms with Gasteiger partial charge in [-0.05, 0) is 24.0 Å². The topological polar surface area (TPSA) is 70.2 Å². The Labute approximate surface area is 127 Å². The van der Waals surface area contributed by atoms with E-state index in [-0.39, 0.29) is 12.3 Å². The van der Waals surface area contributed by atoms with Gasteiger partial charge in [0.05, 0.1) is 6.42 Å². The number of para-hydroxylation sites is 2. The first-order valence-electron chi connectivity index (χ1n) is 7.35. The van der Waals surface area contributed by atoms with E-state index in [1.807, 2.05) is 36.4 Å². The third-order valence-electron chi connectivity index (χ3n) is 4.07. The summed E-state index contributed by atoms with van der Waals surface area (Å²) in [6.45, 7) is 0. The molecule has 0 aliphatic carbocycles. The second-order valence-corrected chi connectivity index (χ2v) is 5.48. The van der Waals surface area contributed by atoms with E-state index in [0.717, 1.165) is 33.7 Å². The lowest BCUT2D eigenvalue weighted by atomic mass is 9.90. The van der Waals surface area contributed by atoms with E-state index in [4.69, 9.17) is 5.11 Å². The smallest absolute Gasteiger partial charge is 0.303 e. The van der Waals surface area contributed by atoms with Gasteiger partial charge in [-0.1, -0.05) is 36.4 Å². The Kier molecular flexibility index (Phi) is 3.92. The van der Waals surface area contributed by atoms with Gasteiger partial charge in [0.15, 0.2) is 0 Å². The summed E-state index contributed by atoms with van der Waals surface area (Å²) in [5, 5.41) is 11.4. The van der Waals surface area contributed by atoms with Crippen molar-refractivity contribution in [3.63, 3.8) is 0 Å². The number of carbonyl (C=O) groups is 2. The summed E-state index contributed by atoms with van der Waals surface area (Å²) in [5.74, 6) is -1.01. The number of fused-ring (bicyclic) bond motifs is 3. The fourth-order valence-electron chi connectivity index (χ4n) is 3.08. The third-order valence-corrected chi connectivity index (χ3v) is 4.07. The fourth-order valence-corrected chi connectivity index (χ4v) is 3.08. The Morgan fingerprint density at radius 3 is 2.68 bits per heavy atom. The number of nitrogens with one attached hydrogen (secondary N) is 1. The summed E-state index contributed by atoms with van der Waals surface area (Å²) >= 11 is 0. The number of benzene rings is 2. The second-order valence-electron chi connectivity index (χ2n) is 5.48.